The van der Waals surface area contributed by atoms with Crippen LogP contribution < -0.4 is 5.32 Å². The maximum Gasteiger partial charge on any atom is 0.224 e. The Bertz CT molecular complexity index is 424. The average Bonchev–Trinajstić information content (AvgIpc) is 2.20. The monoisotopic (exact) mass is 203 g/mol. The summed E-state index contributed by atoms with van der Waals surface area (Å²) < 4.78 is 0. The zero-order chi connectivity index (χ0) is 10.8. The first-order valence-electron chi connectivity index (χ1n) is 4.96. The van der Waals surface area contributed by atoms with E-state index in [1.165, 1.54) is 0 Å². The largest absolute Gasteiger partial charge is 0.508 e. The van der Waals surface area contributed by atoms with Gasteiger partial charge in [-0.05, 0) is 30.0 Å². The molecule has 0 atom stereocenters. The van der Waals surface area contributed by atoms with E-state index in [2.05, 4.69) is 11.9 Å². The van der Waals surface area contributed by atoms with Gasteiger partial charge in [-0.25, -0.2) is 0 Å². The van der Waals surface area contributed by atoms with Crippen molar-refractivity contribution in [3.05, 3.63) is 35.9 Å². The van der Waals surface area contributed by atoms with Gasteiger partial charge in [0.2, 0.25) is 5.91 Å². The SMILES string of the molecule is C=CCc1cc2c(cc1O)NC(=O)CC2. The van der Waals surface area contributed by atoms with Gasteiger partial charge in [0.25, 0.3) is 0 Å². The molecule has 0 aliphatic carbocycles. The number of benzene rings is 1. The molecule has 1 amide bonds. The molecule has 0 unspecified atom stereocenters. The van der Waals surface area contributed by atoms with Gasteiger partial charge in [0.15, 0.2) is 0 Å². The minimum absolute atomic E-state index is 0.0124. The molecule has 1 aromatic rings. The van der Waals surface area contributed by atoms with Crippen LogP contribution in [0.25, 0.3) is 0 Å². The molecule has 0 aromatic heterocycles. The molecular weight excluding hydrogens is 190 g/mol. The van der Waals surface area contributed by atoms with Crippen LogP contribution in [-0.2, 0) is 17.6 Å². The Labute approximate surface area is 88.4 Å². The number of anilines is 1. The third-order valence-electron chi connectivity index (χ3n) is 2.56. The lowest BCUT2D eigenvalue weighted by Crippen LogP contribution is -2.19. The van der Waals surface area contributed by atoms with Crippen LogP contribution in [0.2, 0.25) is 0 Å². The number of phenols is 1. The highest BCUT2D eigenvalue weighted by Gasteiger charge is 2.16. The van der Waals surface area contributed by atoms with Crippen LogP contribution in [0.4, 0.5) is 5.69 Å². The molecule has 2 N–H and O–H groups in total. The lowest BCUT2D eigenvalue weighted by atomic mass is 9.98. The fourth-order valence-electron chi connectivity index (χ4n) is 1.79. The van der Waals surface area contributed by atoms with Crippen LogP contribution in [0, 0.1) is 0 Å². The number of hydrogen-bond acceptors (Lipinski definition) is 2. The number of nitrogens with one attached hydrogen (secondary N) is 1. The van der Waals surface area contributed by atoms with Gasteiger partial charge in [0.05, 0.1) is 0 Å². The van der Waals surface area contributed by atoms with Gasteiger partial charge in [-0.2, -0.15) is 0 Å². The molecule has 78 valence electrons. The van der Waals surface area contributed by atoms with Crippen LogP contribution in [0.3, 0.4) is 0 Å². The molecule has 2 rings (SSSR count). The third-order valence-corrected chi connectivity index (χ3v) is 2.56. The summed E-state index contributed by atoms with van der Waals surface area (Å²) in [5.41, 5.74) is 2.68. The summed E-state index contributed by atoms with van der Waals surface area (Å²) >= 11 is 0. The molecule has 3 heteroatoms. The second kappa shape index (κ2) is 3.77. The van der Waals surface area contributed by atoms with Crippen molar-refractivity contribution in [2.75, 3.05) is 5.32 Å². The maximum absolute atomic E-state index is 11.1. The highest BCUT2D eigenvalue weighted by Crippen LogP contribution is 2.30. The summed E-state index contributed by atoms with van der Waals surface area (Å²) in [5.74, 6) is 0.231. The number of phenolic OH excluding ortho intramolecular Hbond substituents is 1. The first-order valence-corrected chi connectivity index (χ1v) is 4.96. The number of fused-ring (bicyclic) bond motifs is 1. The first-order chi connectivity index (χ1) is 7.20. The second-order valence-corrected chi connectivity index (χ2v) is 3.68. The predicted molar refractivity (Wildman–Crippen MR) is 59.0 cm³/mol. The Morgan fingerprint density at radius 1 is 1.47 bits per heavy atom. The van der Waals surface area contributed by atoms with Crippen molar-refractivity contribution < 1.29 is 9.90 Å². The highest BCUT2D eigenvalue weighted by atomic mass is 16.3. The Balaban J connectivity index is 2.41. The van der Waals surface area contributed by atoms with Crippen molar-refractivity contribution in [2.45, 2.75) is 19.3 Å². The van der Waals surface area contributed by atoms with E-state index >= 15 is 0 Å². The summed E-state index contributed by atoms with van der Waals surface area (Å²) in [6, 6.07) is 3.55. The first kappa shape index (κ1) is 9.77. The molecule has 0 saturated heterocycles. The Kier molecular flexibility index (Phi) is 2.46. The number of rotatable bonds is 2. The summed E-state index contributed by atoms with van der Waals surface area (Å²) in [6.07, 6.45) is 3.66. The van der Waals surface area contributed by atoms with Crippen molar-refractivity contribution >= 4 is 11.6 Å². The van der Waals surface area contributed by atoms with Gasteiger partial charge in [-0.3, -0.25) is 4.79 Å². The van der Waals surface area contributed by atoms with Crippen molar-refractivity contribution in [3.63, 3.8) is 0 Å². The lowest BCUT2D eigenvalue weighted by Gasteiger charge is -2.18. The van der Waals surface area contributed by atoms with Gasteiger partial charge in [-0.15, -0.1) is 6.58 Å². The van der Waals surface area contributed by atoms with Crippen LogP contribution in [0.1, 0.15) is 17.5 Å². The van der Waals surface area contributed by atoms with E-state index < -0.39 is 0 Å². The molecule has 0 spiro atoms. The molecule has 1 aromatic carbocycles. The van der Waals surface area contributed by atoms with Gasteiger partial charge in [0.1, 0.15) is 5.75 Å². The summed E-state index contributed by atoms with van der Waals surface area (Å²) in [7, 11) is 0. The van der Waals surface area contributed by atoms with Crippen LogP contribution in [0.15, 0.2) is 24.8 Å². The van der Waals surface area contributed by atoms with E-state index in [0.29, 0.717) is 12.8 Å². The minimum Gasteiger partial charge on any atom is -0.508 e. The molecular formula is C12H13NO2. The highest BCUT2D eigenvalue weighted by molar-refractivity contribution is 5.94. The Morgan fingerprint density at radius 3 is 3.00 bits per heavy atom. The van der Waals surface area contributed by atoms with Gasteiger partial charge >= 0.3 is 0 Å². The van der Waals surface area contributed by atoms with Crippen LogP contribution in [0.5, 0.6) is 5.75 Å². The summed E-state index contributed by atoms with van der Waals surface area (Å²) in [6.45, 7) is 3.64. The van der Waals surface area contributed by atoms with Crippen LogP contribution >= 0.6 is 0 Å². The van der Waals surface area contributed by atoms with E-state index in [1.54, 1.807) is 12.1 Å². The molecule has 0 radical (unpaired) electrons. The molecule has 0 bridgehead atoms. The van der Waals surface area contributed by atoms with E-state index in [4.69, 9.17) is 0 Å². The molecule has 0 fully saturated rings. The van der Waals surface area contributed by atoms with Crippen molar-refractivity contribution in [3.8, 4) is 5.75 Å². The average molecular weight is 203 g/mol. The van der Waals surface area contributed by atoms with Crippen molar-refractivity contribution in [1.29, 1.82) is 0 Å². The number of amides is 1. The molecule has 1 heterocycles. The lowest BCUT2D eigenvalue weighted by molar-refractivity contribution is -0.116. The van der Waals surface area contributed by atoms with Crippen molar-refractivity contribution in [1.82, 2.24) is 0 Å². The van der Waals surface area contributed by atoms with E-state index in [0.717, 1.165) is 23.2 Å². The molecule has 3 nitrogen and oxygen atoms in total. The normalized spacial score (nSPS) is 14.3. The zero-order valence-electron chi connectivity index (χ0n) is 8.42. The van der Waals surface area contributed by atoms with Crippen LogP contribution in [-0.4, -0.2) is 11.0 Å². The standard InChI is InChI=1S/C12H13NO2/c1-2-3-9-6-8-4-5-12(15)13-10(8)7-11(9)14/h2,6-7,14H,1,3-5H2,(H,13,15). The fourth-order valence-corrected chi connectivity index (χ4v) is 1.79. The maximum atomic E-state index is 11.1. The number of allylic oxidation sites excluding steroid dienone is 1. The predicted octanol–water partition coefficient (Wildman–Crippen LogP) is 2.01. The third kappa shape index (κ3) is 1.86. The smallest absolute Gasteiger partial charge is 0.224 e. The van der Waals surface area contributed by atoms with Crippen molar-refractivity contribution in [2.24, 2.45) is 0 Å². The minimum atomic E-state index is 0.0124. The topological polar surface area (TPSA) is 49.3 Å². The Hall–Kier alpha value is -1.77. The van der Waals surface area contributed by atoms with E-state index in [-0.39, 0.29) is 11.7 Å². The molecule has 15 heavy (non-hydrogen) atoms. The quantitative estimate of drug-likeness (QED) is 0.722. The summed E-state index contributed by atoms with van der Waals surface area (Å²) in [5, 5.41) is 12.4. The fraction of sp³-hybridized carbons (Fsp3) is 0.250. The number of aromatic hydroxyl groups is 1. The number of hydrogen-bond donors (Lipinski definition) is 2. The van der Waals surface area contributed by atoms with Gasteiger partial charge in [0, 0.05) is 18.2 Å². The summed E-state index contributed by atoms with van der Waals surface area (Å²) in [4.78, 5) is 11.1. The zero-order valence-corrected chi connectivity index (χ0v) is 8.42. The number of carbonyl (C=O) groups excluding carboxylic acids is 1. The molecule has 1 aliphatic heterocycles. The van der Waals surface area contributed by atoms with Gasteiger partial charge < -0.3 is 10.4 Å². The Morgan fingerprint density at radius 2 is 2.27 bits per heavy atom. The number of carbonyl (C=O) groups is 1. The molecule has 1 aliphatic rings. The molecule has 0 saturated carbocycles. The van der Waals surface area contributed by atoms with Gasteiger partial charge in [-0.1, -0.05) is 6.08 Å². The van der Waals surface area contributed by atoms with E-state index in [9.17, 15) is 9.90 Å². The number of aryl methyl sites for hydroxylation is 1. The van der Waals surface area contributed by atoms with E-state index in [1.807, 2.05) is 6.07 Å². The second-order valence-electron chi connectivity index (χ2n) is 3.68.